The van der Waals surface area contributed by atoms with Crippen molar-refractivity contribution in [3.8, 4) is 23.7 Å². The van der Waals surface area contributed by atoms with Gasteiger partial charge in [0.2, 0.25) is 0 Å². The molecule has 4 aromatic heterocycles. The third-order valence-electron chi connectivity index (χ3n) is 12.0. The van der Waals surface area contributed by atoms with Gasteiger partial charge in [0.05, 0.1) is 5.34 Å². The third kappa shape index (κ3) is 26.8. The summed E-state index contributed by atoms with van der Waals surface area (Å²) in [4.78, 5) is 22.4. The summed E-state index contributed by atoms with van der Waals surface area (Å²) in [6.07, 6.45) is 35.2. The van der Waals surface area contributed by atoms with Crippen molar-refractivity contribution in [2.75, 3.05) is 15.1 Å². The molecular formula is C67H58B2Cl2F8N6Rh2-2. The minimum atomic E-state index is -6.00. The van der Waals surface area contributed by atoms with Gasteiger partial charge in [-0.3, -0.25) is 9.80 Å². The summed E-state index contributed by atoms with van der Waals surface area (Å²) >= 11 is 9.53. The van der Waals surface area contributed by atoms with E-state index in [-0.39, 0.29) is 44.3 Å². The summed E-state index contributed by atoms with van der Waals surface area (Å²) in [5.74, 6) is 16.9. The van der Waals surface area contributed by atoms with Gasteiger partial charge in [-0.1, -0.05) is 121 Å². The van der Waals surface area contributed by atoms with Crippen LogP contribution in [0.1, 0.15) is 73.6 Å². The normalized spacial score (nSPS) is 13.5. The van der Waals surface area contributed by atoms with Crippen molar-refractivity contribution < 1.29 is 73.5 Å². The van der Waals surface area contributed by atoms with E-state index in [1.807, 2.05) is 107 Å². The van der Waals surface area contributed by atoms with E-state index >= 15 is 0 Å². The van der Waals surface area contributed by atoms with E-state index in [9.17, 15) is 34.5 Å². The molecule has 2 radical (unpaired) electrons. The number of aromatic nitrogens is 4. The largest absolute Gasteiger partial charge is 0.673 e. The van der Waals surface area contributed by atoms with Gasteiger partial charge in [-0.25, -0.2) is 19.9 Å². The fraction of sp³-hybridized carbons (Fsp3) is 0.134. The number of fused-ring (bicyclic) bond motifs is 2. The number of nitrogens with zero attached hydrogens (tertiary/aromatic N) is 6. The van der Waals surface area contributed by atoms with Crippen molar-refractivity contribution in [2.24, 2.45) is 0 Å². The predicted octanol–water partition coefficient (Wildman–Crippen LogP) is 20.7. The number of hydrogen-bond acceptors (Lipinski definition) is 6. The monoisotopic (exact) mass is 1400 g/mol. The molecule has 6 nitrogen and oxygen atoms in total. The second-order valence-electron chi connectivity index (χ2n) is 18.2. The number of rotatable bonds is 6. The number of anilines is 6. The molecule has 0 N–H and O–H groups in total. The molecule has 0 saturated carbocycles. The van der Waals surface area contributed by atoms with Crippen LogP contribution in [-0.2, 0) is 39.0 Å². The predicted molar refractivity (Wildman–Crippen MR) is 337 cm³/mol. The maximum absolute atomic E-state index is 9.75. The molecule has 20 heteroatoms. The number of pyridine rings is 4. The molecule has 0 amide bonds. The summed E-state index contributed by atoms with van der Waals surface area (Å²) in [5.41, 5.74) is 5.64. The smallest absolute Gasteiger partial charge is 0.418 e. The molecule has 0 spiro atoms. The van der Waals surface area contributed by atoms with E-state index in [4.69, 9.17) is 23.2 Å². The van der Waals surface area contributed by atoms with Gasteiger partial charge in [-0.2, -0.15) is 0 Å². The molecule has 2 aliphatic carbocycles. The number of hydrogen-bond donors (Lipinski definition) is 0. The van der Waals surface area contributed by atoms with Crippen molar-refractivity contribution in [1.82, 2.24) is 19.9 Å². The van der Waals surface area contributed by atoms with Crippen LogP contribution in [-0.4, -0.2) is 39.8 Å². The Balaban J connectivity index is 0.000000430. The van der Waals surface area contributed by atoms with Crippen LogP contribution in [0.2, 0.25) is 0 Å². The van der Waals surface area contributed by atoms with Crippen LogP contribution in [0, 0.1) is 23.7 Å². The van der Waals surface area contributed by atoms with Crippen LogP contribution in [0.4, 0.5) is 69.2 Å². The van der Waals surface area contributed by atoms with E-state index in [2.05, 4.69) is 165 Å². The van der Waals surface area contributed by atoms with E-state index < -0.39 is 14.5 Å². The third-order valence-corrected chi connectivity index (χ3v) is 12.0. The SMILES string of the molecule is C(#Cc1cccc2cc3cccc(C#Cc4ccc(N(c5ccccn5)c5ccccn5)cc4)c3cc12)c1ccc(N(c2ccccn2)c2ccccn2)cc1.C1=C\CC/C=C\CC/1.C1=C\CC/C=C\CC/1.ClCCl.F[B-](F)(F)F.F[B-](F)(F)F.[Rh].[Rh]. The molecule has 87 heavy (non-hydrogen) atoms. The molecule has 0 fully saturated rings. The molecule has 0 atom stereocenters. The molecule has 5 aromatic carbocycles. The first kappa shape index (κ1) is 71.8. The van der Waals surface area contributed by atoms with E-state index in [1.165, 1.54) is 51.4 Å². The van der Waals surface area contributed by atoms with Gasteiger partial charge in [0.15, 0.2) is 0 Å². The van der Waals surface area contributed by atoms with Crippen LogP contribution in [0.5, 0.6) is 0 Å². The number of halogens is 10. The van der Waals surface area contributed by atoms with Gasteiger partial charge >= 0.3 is 14.5 Å². The minimum Gasteiger partial charge on any atom is -0.418 e. The standard InChI is InChI=1S/C50H32N6.2C8H12.CH2Cl2.2BF4.2Rh/c1-5-31-51-47(15-1)55(48-16-2-6-32-52-48)43-27-21-37(22-28-43)19-25-39-11-9-13-41-35-42-14-10-12-40(46(42)36-45(39)41)26-20-38-23-29-44(30-24-38)56(49-17-3-7-33-53-49)50-18-4-8-34-54-50;2*1-2-4-6-8-7-5-3-1;2-1-3;2*2-1(3,4)5;;/h1-18,21-24,27-36H;2*1-2,7-8H,3-6H2;1H2;;;;/q;;;;2*-1;;/b;2*2-1-,8-7-;;;;;. The van der Waals surface area contributed by atoms with Crippen LogP contribution >= 0.6 is 23.2 Å². The topological polar surface area (TPSA) is 58.0 Å². The Morgan fingerprint density at radius 3 is 0.851 bits per heavy atom. The average Bonchev–Trinajstić information content (AvgIpc) is 1.68. The first-order valence-corrected chi connectivity index (χ1v) is 28.2. The molecule has 0 aliphatic heterocycles. The summed E-state index contributed by atoms with van der Waals surface area (Å²) in [6, 6.07) is 56.8. The summed E-state index contributed by atoms with van der Waals surface area (Å²) in [7, 11) is -12.0. The van der Waals surface area contributed by atoms with Crippen molar-refractivity contribution in [1.29, 1.82) is 0 Å². The van der Waals surface area contributed by atoms with Gasteiger partial charge in [0, 0.05) is 97.4 Å². The van der Waals surface area contributed by atoms with Gasteiger partial charge in [0.25, 0.3) is 0 Å². The van der Waals surface area contributed by atoms with Gasteiger partial charge in [-0.15, -0.1) is 23.2 Å². The Bertz CT molecular complexity index is 3320. The maximum atomic E-state index is 9.75. The quantitative estimate of drug-likeness (QED) is 0.0413. The second kappa shape index (κ2) is 39.2. The van der Waals surface area contributed by atoms with Crippen LogP contribution in [0.3, 0.4) is 0 Å². The molecule has 2 aliphatic rings. The zero-order valence-corrected chi connectivity index (χ0v) is 51.5. The van der Waals surface area contributed by atoms with Crippen molar-refractivity contribution in [3.05, 3.63) is 266 Å². The zero-order valence-electron chi connectivity index (χ0n) is 46.7. The number of allylic oxidation sites excluding steroid dienone is 8. The Morgan fingerprint density at radius 1 is 0.345 bits per heavy atom. The molecule has 0 bridgehead atoms. The molecule has 9 aromatic rings. The van der Waals surface area contributed by atoms with Crippen molar-refractivity contribution >= 4 is 93.9 Å². The van der Waals surface area contributed by atoms with Crippen LogP contribution < -0.4 is 9.80 Å². The van der Waals surface area contributed by atoms with Gasteiger partial charge < -0.3 is 34.5 Å². The Hall–Kier alpha value is -7.70. The molecule has 0 unspecified atom stereocenters. The fourth-order valence-electron chi connectivity index (χ4n) is 8.36. The Labute approximate surface area is 539 Å². The zero-order chi connectivity index (χ0) is 60.5. The first-order chi connectivity index (χ1) is 41.2. The second-order valence-corrected chi connectivity index (χ2v) is 19.0. The van der Waals surface area contributed by atoms with E-state index in [1.54, 1.807) is 24.8 Å². The molecule has 452 valence electrons. The summed E-state index contributed by atoms with van der Waals surface area (Å²) < 4.78 is 78.0. The molecule has 0 saturated heterocycles. The molecule has 4 heterocycles. The summed E-state index contributed by atoms with van der Waals surface area (Å²) in [6.45, 7) is 0. The number of benzene rings is 5. The van der Waals surface area contributed by atoms with Gasteiger partial charge in [-0.05, 0) is 194 Å². The van der Waals surface area contributed by atoms with E-state index in [0.29, 0.717) is 0 Å². The Kier molecular flexibility index (Phi) is 32.3. The van der Waals surface area contributed by atoms with Gasteiger partial charge in [0.1, 0.15) is 23.3 Å². The van der Waals surface area contributed by atoms with E-state index in [0.717, 1.165) is 78.4 Å². The molecular weight excluding hydrogens is 1340 g/mol. The molecule has 11 rings (SSSR count). The minimum absolute atomic E-state index is 0. The summed E-state index contributed by atoms with van der Waals surface area (Å²) in [5, 5.41) is 4.63. The van der Waals surface area contributed by atoms with Crippen molar-refractivity contribution in [3.63, 3.8) is 0 Å². The van der Waals surface area contributed by atoms with Crippen LogP contribution in [0.15, 0.2) is 243 Å². The Morgan fingerprint density at radius 2 is 0.609 bits per heavy atom. The average molecular weight is 1400 g/mol. The number of alkyl halides is 2. The van der Waals surface area contributed by atoms with Crippen molar-refractivity contribution in [2.45, 2.75) is 51.4 Å². The van der Waals surface area contributed by atoms with Crippen LogP contribution in [0.25, 0.3) is 21.5 Å². The fourth-order valence-corrected chi connectivity index (χ4v) is 8.36. The first-order valence-electron chi connectivity index (χ1n) is 27.1. The maximum Gasteiger partial charge on any atom is 0.673 e.